The number of carbonyl (C=O) groups excluding carboxylic acids is 5. The molecule has 3 rings (SSSR count). The van der Waals surface area contributed by atoms with Crippen LogP contribution in [0, 0.1) is 6.92 Å². The average Bonchev–Trinajstić information content (AvgIpc) is 3.02. The highest BCUT2D eigenvalue weighted by molar-refractivity contribution is 5.95. The number of amides is 4. The van der Waals surface area contributed by atoms with Gasteiger partial charge in [0, 0.05) is 25.6 Å². The Hall–Kier alpha value is -4.65. The van der Waals surface area contributed by atoms with Gasteiger partial charge in [0.2, 0.25) is 17.7 Å². The number of fused-ring (bicyclic) bond motifs is 5. The molecule has 1 aliphatic rings. The molecule has 262 valence electrons. The van der Waals surface area contributed by atoms with E-state index in [1.54, 1.807) is 40.0 Å². The number of methoxy groups -OCH3 is 2. The first-order valence-corrected chi connectivity index (χ1v) is 16.0. The van der Waals surface area contributed by atoms with E-state index in [4.69, 9.17) is 19.9 Å². The molecule has 0 spiro atoms. The van der Waals surface area contributed by atoms with Crippen LogP contribution in [0.2, 0.25) is 0 Å². The molecule has 13 heteroatoms. The lowest BCUT2D eigenvalue weighted by Gasteiger charge is -2.31. The largest absolute Gasteiger partial charge is 0.496 e. The van der Waals surface area contributed by atoms with Crippen LogP contribution in [0.25, 0.3) is 11.1 Å². The van der Waals surface area contributed by atoms with Crippen molar-refractivity contribution in [1.82, 2.24) is 20.9 Å². The molecular weight excluding hydrogens is 618 g/mol. The van der Waals surface area contributed by atoms with Crippen molar-refractivity contribution in [2.45, 2.75) is 90.1 Å². The molecule has 4 amide bonds. The molecule has 0 fully saturated rings. The van der Waals surface area contributed by atoms with E-state index in [-0.39, 0.29) is 6.42 Å². The first kappa shape index (κ1) is 37.8. The number of unbranched alkanes of at least 4 members (excludes halogenated alkanes) is 1. The average molecular weight is 668 g/mol. The summed E-state index contributed by atoms with van der Waals surface area (Å²) in [4.78, 5) is 66.7. The van der Waals surface area contributed by atoms with Gasteiger partial charge in [-0.1, -0.05) is 18.2 Å². The fourth-order valence-electron chi connectivity index (χ4n) is 5.48. The third-order valence-electron chi connectivity index (χ3n) is 8.04. The molecule has 48 heavy (non-hydrogen) atoms. The summed E-state index contributed by atoms with van der Waals surface area (Å²) in [6, 6.07) is 6.76. The zero-order valence-electron chi connectivity index (χ0n) is 29.1. The number of esters is 1. The Morgan fingerprint density at radius 1 is 1.02 bits per heavy atom. The van der Waals surface area contributed by atoms with Crippen molar-refractivity contribution in [2.24, 2.45) is 5.73 Å². The highest BCUT2D eigenvalue weighted by Gasteiger charge is 2.34. The van der Waals surface area contributed by atoms with Crippen LogP contribution >= 0.6 is 0 Å². The van der Waals surface area contributed by atoms with Gasteiger partial charge in [-0.2, -0.15) is 0 Å². The number of aryl methyl sites for hydroxylation is 1. The maximum Gasteiger partial charge on any atom is 0.407 e. The van der Waals surface area contributed by atoms with Crippen LogP contribution in [0.3, 0.4) is 0 Å². The lowest BCUT2D eigenvalue weighted by Crippen LogP contribution is -2.54. The fourth-order valence-corrected chi connectivity index (χ4v) is 5.48. The van der Waals surface area contributed by atoms with E-state index < -0.39 is 59.6 Å². The summed E-state index contributed by atoms with van der Waals surface area (Å²) in [5.74, 6) is -1.75. The molecule has 2 aromatic carbocycles. The minimum absolute atomic E-state index is 0.142. The lowest BCUT2D eigenvalue weighted by molar-refractivity contribution is -0.145. The highest BCUT2D eigenvalue weighted by atomic mass is 16.6. The standard InChI is InChI=1S/C35H49N5O8/c1-20-12-14-23-19-24(20)25-17-22(13-15-28(25)46-7)18-27(33(44)47-8)39-30(41)21(2)38-31(42)29(23)40(6)32(43)26(36)11-9-10-16-37-34(45)48-35(3,4)5/h12-15,17,19,21,26-27,29H,9-11,16,18,36H2,1-8H3,(H,37,45)(H,38,42)(H,39,41)/t21-,26-,27-,29-/m0/s1. The summed E-state index contributed by atoms with van der Waals surface area (Å²) in [5, 5.41) is 8.09. The van der Waals surface area contributed by atoms with Crippen molar-refractivity contribution in [3.63, 3.8) is 0 Å². The van der Waals surface area contributed by atoms with Gasteiger partial charge in [-0.3, -0.25) is 14.4 Å². The van der Waals surface area contributed by atoms with Gasteiger partial charge in [-0.05, 0) is 94.3 Å². The monoisotopic (exact) mass is 667 g/mol. The molecule has 0 saturated carbocycles. The summed E-state index contributed by atoms with van der Waals surface area (Å²) in [5.41, 5.74) is 9.33. The normalized spacial score (nSPS) is 18.7. The molecule has 0 radical (unpaired) electrons. The van der Waals surface area contributed by atoms with Crippen LogP contribution < -0.4 is 26.4 Å². The zero-order chi connectivity index (χ0) is 35.8. The molecule has 4 bridgehead atoms. The summed E-state index contributed by atoms with van der Waals surface area (Å²) < 4.78 is 15.9. The molecule has 1 heterocycles. The topological polar surface area (TPSA) is 178 Å². The van der Waals surface area contributed by atoms with Crippen LogP contribution in [0.1, 0.15) is 69.7 Å². The Bertz CT molecular complexity index is 1500. The van der Waals surface area contributed by atoms with Gasteiger partial charge in [-0.15, -0.1) is 0 Å². The quantitative estimate of drug-likeness (QED) is 0.231. The zero-order valence-corrected chi connectivity index (χ0v) is 29.1. The summed E-state index contributed by atoms with van der Waals surface area (Å²) >= 11 is 0. The van der Waals surface area contributed by atoms with E-state index in [1.165, 1.54) is 26.0 Å². The van der Waals surface area contributed by atoms with Gasteiger partial charge in [0.25, 0.3) is 0 Å². The minimum Gasteiger partial charge on any atom is -0.496 e. The predicted molar refractivity (Wildman–Crippen MR) is 180 cm³/mol. The Morgan fingerprint density at radius 3 is 2.38 bits per heavy atom. The van der Waals surface area contributed by atoms with Crippen LogP contribution in [0.5, 0.6) is 5.75 Å². The second-order valence-electron chi connectivity index (χ2n) is 13.0. The number of nitrogens with zero attached hydrogens (tertiary/aromatic N) is 1. The lowest BCUT2D eigenvalue weighted by atomic mass is 9.91. The number of nitrogens with two attached hydrogens (primary N) is 1. The molecule has 0 saturated heterocycles. The van der Waals surface area contributed by atoms with Crippen molar-refractivity contribution in [1.29, 1.82) is 0 Å². The van der Waals surface area contributed by atoms with E-state index in [9.17, 15) is 24.0 Å². The number of likely N-dealkylation sites (N-methyl/N-ethyl adjacent to an activating group) is 1. The van der Waals surface area contributed by atoms with Crippen molar-refractivity contribution >= 4 is 29.8 Å². The van der Waals surface area contributed by atoms with Crippen molar-refractivity contribution in [3.8, 4) is 16.9 Å². The Labute approximate surface area is 282 Å². The third-order valence-corrected chi connectivity index (χ3v) is 8.04. The van der Waals surface area contributed by atoms with Gasteiger partial charge in [0.05, 0.1) is 20.3 Å². The van der Waals surface area contributed by atoms with Crippen molar-refractivity contribution < 1.29 is 38.2 Å². The van der Waals surface area contributed by atoms with Crippen LogP contribution in [0.15, 0.2) is 36.4 Å². The van der Waals surface area contributed by atoms with Gasteiger partial charge >= 0.3 is 12.1 Å². The van der Waals surface area contributed by atoms with Crippen LogP contribution in [-0.2, 0) is 35.1 Å². The summed E-state index contributed by atoms with van der Waals surface area (Å²) in [7, 11) is 4.29. The van der Waals surface area contributed by atoms with Gasteiger partial charge < -0.3 is 40.8 Å². The number of benzene rings is 2. The first-order chi connectivity index (χ1) is 22.6. The SMILES string of the molecule is COC(=O)[C@@H]1Cc2ccc(OC)c(c2)-c2cc(ccc2C)[C@H](N(C)C(=O)[C@@H](N)CCCCNC(=O)OC(C)(C)C)C(=O)N[C@@H](C)C(=O)N1. The molecule has 0 aliphatic carbocycles. The van der Waals surface area contributed by atoms with Crippen LogP contribution in [0.4, 0.5) is 4.79 Å². The smallest absolute Gasteiger partial charge is 0.407 e. The number of ether oxygens (including phenoxy) is 3. The summed E-state index contributed by atoms with van der Waals surface area (Å²) in [6.45, 7) is 9.10. The van der Waals surface area contributed by atoms with Gasteiger partial charge in [-0.25, -0.2) is 9.59 Å². The van der Waals surface area contributed by atoms with Crippen molar-refractivity contribution in [3.05, 3.63) is 53.1 Å². The van der Waals surface area contributed by atoms with Crippen LogP contribution in [-0.4, -0.2) is 86.2 Å². The van der Waals surface area contributed by atoms with E-state index in [0.29, 0.717) is 42.7 Å². The molecule has 0 aromatic heterocycles. The Kier molecular flexibility index (Phi) is 13.0. The number of carbonyl (C=O) groups is 5. The maximum absolute atomic E-state index is 13.9. The Morgan fingerprint density at radius 2 is 1.73 bits per heavy atom. The number of rotatable bonds is 9. The molecule has 0 unspecified atom stereocenters. The van der Waals surface area contributed by atoms with E-state index >= 15 is 0 Å². The number of hydrogen-bond acceptors (Lipinski definition) is 9. The molecule has 1 aliphatic heterocycles. The van der Waals surface area contributed by atoms with Gasteiger partial charge in [0.1, 0.15) is 29.5 Å². The molecule has 13 nitrogen and oxygen atoms in total. The highest BCUT2D eigenvalue weighted by Crippen LogP contribution is 2.36. The third kappa shape index (κ3) is 9.93. The summed E-state index contributed by atoms with van der Waals surface area (Å²) in [6.07, 6.45) is 1.04. The first-order valence-electron chi connectivity index (χ1n) is 16.0. The second-order valence-corrected chi connectivity index (χ2v) is 13.0. The number of hydrogen-bond donors (Lipinski definition) is 4. The molecule has 5 N–H and O–H groups in total. The van der Waals surface area contributed by atoms with E-state index in [2.05, 4.69) is 16.0 Å². The fraction of sp³-hybridized carbons (Fsp3) is 0.514. The molecule has 2 aromatic rings. The van der Waals surface area contributed by atoms with E-state index in [1.807, 2.05) is 31.2 Å². The molecule has 4 atom stereocenters. The number of alkyl carbamates (subject to hydrolysis) is 1. The second kappa shape index (κ2) is 16.4. The van der Waals surface area contributed by atoms with Gasteiger partial charge in [0.15, 0.2) is 0 Å². The predicted octanol–water partition coefficient (Wildman–Crippen LogP) is 2.91. The minimum atomic E-state index is -1.15. The molecular formula is C35H49N5O8. The maximum atomic E-state index is 13.9. The van der Waals surface area contributed by atoms with Crippen molar-refractivity contribution in [2.75, 3.05) is 27.8 Å². The van der Waals surface area contributed by atoms with E-state index in [0.717, 1.165) is 16.7 Å². The number of nitrogens with one attached hydrogen (secondary N) is 3. The Balaban J connectivity index is 1.94.